The van der Waals surface area contributed by atoms with Crippen LogP contribution in [0.5, 0.6) is 0 Å². The Balaban J connectivity index is 2.19. The van der Waals surface area contributed by atoms with E-state index in [1.807, 2.05) is 11.5 Å². The first kappa shape index (κ1) is 20.4. The number of hydrogen-bond acceptors (Lipinski definition) is 6. The number of nitro groups is 1. The van der Waals surface area contributed by atoms with Crippen molar-refractivity contribution in [1.29, 1.82) is 0 Å². The first-order valence-corrected chi connectivity index (χ1v) is 9.33. The van der Waals surface area contributed by atoms with E-state index in [2.05, 4.69) is 6.58 Å². The Labute approximate surface area is 161 Å². The van der Waals surface area contributed by atoms with Crippen molar-refractivity contribution in [1.82, 2.24) is 4.57 Å². The first-order valence-electron chi connectivity index (χ1n) is 8.10. The number of allylic oxidation sites excluding steroid dienone is 1. The molecule has 0 N–H and O–H groups in total. The second-order valence-electron chi connectivity index (χ2n) is 5.82. The molecular weight excluding hydrogens is 368 g/mol. The summed E-state index contributed by atoms with van der Waals surface area (Å²) in [6, 6.07) is 5.93. The van der Waals surface area contributed by atoms with Crippen LogP contribution in [0.4, 0.5) is 5.69 Å². The van der Waals surface area contributed by atoms with Crippen molar-refractivity contribution in [3.05, 3.63) is 69.5 Å². The molecular formula is C19H20N2O5S. The highest BCUT2D eigenvalue weighted by Gasteiger charge is 2.24. The molecule has 0 aliphatic carbocycles. The number of rotatable bonds is 8. The minimum absolute atomic E-state index is 0.170. The molecule has 0 radical (unpaired) electrons. The highest BCUT2D eigenvalue weighted by atomic mass is 32.2. The number of ketones is 1. The lowest BCUT2D eigenvalue weighted by Crippen LogP contribution is -2.16. The highest BCUT2D eigenvalue weighted by Crippen LogP contribution is 2.25. The molecule has 2 aromatic rings. The fraction of sp³-hybridized carbons (Fsp3) is 0.263. The van der Waals surface area contributed by atoms with Crippen LogP contribution in [0, 0.1) is 24.0 Å². The van der Waals surface area contributed by atoms with E-state index >= 15 is 0 Å². The van der Waals surface area contributed by atoms with E-state index in [4.69, 9.17) is 4.74 Å². The van der Waals surface area contributed by atoms with E-state index in [0.717, 1.165) is 11.4 Å². The van der Waals surface area contributed by atoms with Gasteiger partial charge < -0.3 is 9.30 Å². The molecule has 0 aliphatic rings. The smallest absolute Gasteiger partial charge is 0.345 e. The number of aromatic nitrogens is 1. The van der Waals surface area contributed by atoms with Crippen molar-refractivity contribution >= 4 is 29.2 Å². The molecule has 0 bridgehead atoms. The Morgan fingerprint density at radius 3 is 2.59 bits per heavy atom. The molecule has 0 atom stereocenters. The fourth-order valence-electron chi connectivity index (χ4n) is 2.74. The number of ether oxygens (including phenoxy) is 1. The van der Waals surface area contributed by atoms with Crippen LogP contribution in [0.2, 0.25) is 0 Å². The van der Waals surface area contributed by atoms with E-state index in [-0.39, 0.29) is 17.0 Å². The standard InChI is InChI=1S/C19H20N2O5S/c1-5-8-20-12(2)9-15(13(20)3)18(22)11-26-19(23)16-10-14(27-4)6-7-17(16)21(24)25/h5-7,9-10H,1,8,11H2,2-4H3. The predicted molar refractivity (Wildman–Crippen MR) is 104 cm³/mol. The Bertz CT molecular complexity index is 917. The zero-order valence-corrected chi connectivity index (χ0v) is 16.2. The van der Waals surface area contributed by atoms with E-state index < -0.39 is 17.5 Å². The van der Waals surface area contributed by atoms with Crippen LogP contribution in [0.25, 0.3) is 0 Å². The summed E-state index contributed by atoms with van der Waals surface area (Å²) in [4.78, 5) is 36.0. The first-order chi connectivity index (χ1) is 12.8. The van der Waals surface area contributed by atoms with Crippen LogP contribution in [0.1, 0.15) is 32.1 Å². The number of hydrogen-bond donors (Lipinski definition) is 0. The average molecular weight is 388 g/mol. The van der Waals surface area contributed by atoms with Crippen LogP contribution in [-0.2, 0) is 11.3 Å². The molecule has 142 valence electrons. The molecule has 2 rings (SSSR count). The molecule has 0 aliphatic heterocycles. The van der Waals surface area contributed by atoms with Crippen molar-refractivity contribution < 1.29 is 19.2 Å². The van der Waals surface area contributed by atoms with Crippen LogP contribution in [-0.4, -0.2) is 34.1 Å². The van der Waals surface area contributed by atoms with Crippen molar-refractivity contribution in [2.45, 2.75) is 25.3 Å². The van der Waals surface area contributed by atoms with Gasteiger partial charge in [-0.1, -0.05) is 6.08 Å². The third kappa shape index (κ3) is 4.46. The molecule has 1 aromatic carbocycles. The quantitative estimate of drug-likeness (QED) is 0.170. The maximum atomic E-state index is 12.5. The van der Waals surface area contributed by atoms with E-state index in [9.17, 15) is 19.7 Å². The largest absolute Gasteiger partial charge is 0.454 e. The highest BCUT2D eigenvalue weighted by molar-refractivity contribution is 7.98. The number of nitrogens with zero attached hydrogens (tertiary/aromatic N) is 2. The predicted octanol–water partition coefficient (Wildman–Crippen LogP) is 3.96. The average Bonchev–Trinajstić information content (AvgIpc) is 2.93. The Morgan fingerprint density at radius 2 is 2.00 bits per heavy atom. The van der Waals surface area contributed by atoms with Crippen LogP contribution in [0.3, 0.4) is 0 Å². The van der Waals surface area contributed by atoms with Crippen molar-refractivity contribution in [2.75, 3.05) is 12.9 Å². The van der Waals surface area contributed by atoms with Gasteiger partial charge in [0.05, 0.1) is 4.92 Å². The summed E-state index contributed by atoms with van der Waals surface area (Å²) in [7, 11) is 0. The SMILES string of the molecule is C=CCn1c(C)cc(C(=O)COC(=O)c2cc(SC)ccc2[N+](=O)[O-])c1C. The summed E-state index contributed by atoms with van der Waals surface area (Å²) in [6.45, 7) is 7.45. The van der Waals surface area contributed by atoms with Crippen molar-refractivity contribution in [3.8, 4) is 0 Å². The van der Waals surface area contributed by atoms with Gasteiger partial charge in [-0.05, 0) is 38.3 Å². The maximum absolute atomic E-state index is 12.5. The van der Waals surface area contributed by atoms with E-state index in [0.29, 0.717) is 17.0 Å². The summed E-state index contributed by atoms with van der Waals surface area (Å²) in [5.41, 5.74) is 1.58. The summed E-state index contributed by atoms with van der Waals surface area (Å²) >= 11 is 1.34. The van der Waals surface area contributed by atoms with Gasteiger partial charge in [0.2, 0.25) is 5.78 Å². The molecule has 7 nitrogen and oxygen atoms in total. The maximum Gasteiger partial charge on any atom is 0.345 e. The van der Waals surface area contributed by atoms with Gasteiger partial charge >= 0.3 is 5.97 Å². The van der Waals surface area contributed by atoms with Crippen LogP contribution >= 0.6 is 11.8 Å². The lowest BCUT2D eigenvalue weighted by Gasteiger charge is -2.08. The number of carbonyl (C=O) groups is 2. The number of carbonyl (C=O) groups excluding carboxylic acids is 2. The third-order valence-electron chi connectivity index (χ3n) is 4.14. The van der Waals surface area contributed by atoms with Gasteiger partial charge in [-0.2, -0.15) is 0 Å². The van der Waals surface area contributed by atoms with Gasteiger partial charge in [0.25, 0.3) is 5.69 Å². The zero-order chi connectivity index (χ0) is 20.1. The topological polar surface area (TPSA) is 91.4 Å². The molecule has 0 fully saturated rings. The van der Waals surface area contributed by atoms with Gasteiger partial charge in [0.15, 0.2) is 6.61 Å². The van der Waals surface area contributed by atoms with Crippen LogP contribution in [0.15, 0.2) is 41.8 Å². The molecule has 0 saturated carbocycles. The number of esters is 1. The zero-order valence-electron chi connectivity index (χ0n) is 15.4. The molecule has 27 heavy (non-hydrogen) atoms. The molecule has 0 amide bonds. The normalized spacial score (nSPS) is 10.5. The lowest BCUT2D eigenvalue weighted by atomic mass is 10.1. The summed E-state index contributed by atoms with van der Waals surface area (Å²) in [6.07, 6.45) is 3.52. The van der Waals surface area contributed by atoms with Gasteiger partial charge in [-0.3, -0.25) is 14.9 Å². The second kappa shape index (κ2) is 8.68. The molecule has 8 heteroatoms. The molecule has 1 aromatic heterocycles. The summed E-state index contributed by atoms with van der Waals surface area (Å²) in [5.74, 6) is -1.26. The Morgan fingerprint density at radius 1 is 1.30 bits per heavy atom. The second-order valence-corrected chi connectivity index (χ2v) is 6.70. The van der Waals surface area contributed by atoms with Crippen LogP contribution < -0.4 is 0 Å². The Hall–Kier alpha value is -2.87. The number of Topliss-reactive ketones (excluding diaryl/α,β-unsaturated/α-hetero) is 1. The minimum Gasteiger partial charge on any atom is -0.454 e. The van der Waals surface area contributed by atoms with Crippen molar-refractivity contribution in [3.63, 3.8) is 0 Å². The fourth-order valence-corrected chi connectivity index (χ4v) is 3.18. The number of nitro benzene ring substituents is 1. The minimum atomic E-state index is -0.897. The molecule has 0 saturated heterocycles. The van der Waals surface area contributed by atoms with E-state index in [1.54, 1.807) is 31.4 Å². The van der Waals surface area contributed by atoms with Gasteiger partial charge in [0.1, 0.15) is 5.56 Å². The van der Waals surface area contributed by atoms with Gasteiger partial charge in [0, 0.05) is 34.5 Å². The third-order valence-corrected chi connectivity index (χ3v) is 4.87. The van der Waals surface area contributed by atoms with Gasteiger partial charge in [-0.15, -0.1) is 18.3 Å². The van der Waals surface area contributed by atoms with Crippen molar-refractivity contribution in [2.24, 2.45) is 0 Å². The van der Waals surface area contributed by atoms with E-state index in [1.165, 1.54) is 23.9 Å². The summed E-state index contributed by atoms with van der Waals surface area (Å²) in [5, 5.41) is 11.1. The monoisotopic (exact) mass is 388 g/mol. The Kier molecular flexibility index (Phi) is 6.57. The molecule has 0 unspecified atom stereocenters. The number of aryl methyl sites for hydroxylation is 1. The number of thioether (sulfide) groups is 1. The number of benzene rings is 1. The molecule has 0 spiro atoms. The lowest BCUT2D eigenvalue weighted by molar-refractivity contribution is -0.385. The molecule has 1 heterocycles. The van der Waals surface area contributed by atoms with Gasteiger partial charge in [-0.25, -0.2) is 4.79 Å². The summed E-state index contributed by atoms with van der Waals surface area (Å²) < 4.78 is 6.99.